The monoisotopic (exact) mass is 433 g/mol. The highest BCUT2D eigenvalue weighted by Gasteiger charge is 2.33. The molecule has 2 aromatic rings. The first-order chi connectivity index (χ1) is 15.6. The number of anilines is 1. The summed E-state index contributed by atoms with van der Waals surface area (Å²) in [4.78, 5) is 34.6. The summed E-state index contributed by atoms with van der Waals surface area (Å²) in [6.45, 7) is 1.04. The van der Waals surface area contributed by atoms with Gasteiger partial charge in [-0.2, -0.15) is 0 Å². The second kappa shape index (κ2) is 8.53. The molecule has 2 aliphatic carbocycles. The van der Waals surface area contributed by atoms with Crippen molar-refractivity contribution in [1.29, 1.82) is 0 Å². The second-order valence-corrected chi connectivity index (χ2v) is 8.49. The molecule has 1 aliphatic heterocycles. The maximum Gasteiger partial charge on any atom is 0.317 e. The number of pyridine rings is 1. The third-order valence-electron chi connectivity index (χ3n) is 6.08. The van der Waals surface area contributed by atoms with Gasteiger partial charge < -0.3 is 25.3 Å². The first-order valence-corrected chi connectivity index (χ1v) is 11.1. The number of hydrogen-bond donors (Lipinski definition) is 3. The Morgan fingerprint density at radius 3 is 2.94 bits per heavy atom. The zero-order chi connectivity index (χ0) is 22.1. The van der Waals surface area contributed by atoms with Gasteiger partial charge in [0.25, 0.3) is 0 Å². The van der Waals surface area contributed by atoms with Crippen molar-refractivity contribution < 1.29 is 14.3 Å². The number of aromatic amines is 1. The molecule has 1 saturated carbocycles. The van der Waals surface area contributed by atoms with Gasteiger partial charge in [0.1, 0.15) is 5.75 Å². The Morgan fingerprint density at radius 1 is 1.31 bits per heavy atom. The molecule has 3 heterocycles. The maximum absolute atomic E-state index is 13.2. The number of ketones is 1. The number of nitrogens with one attached hydrogen (secondary N) is 3. The van der Waals surface area contributed by atoms with Gasteiger partial charge in [0.15, 0.2) is 5.78 Å². The molecule has 1 fully saturated rings. The number of hydrogen-bond acceptors (Lipinski definition) is 5. The number of fused-ring (bicyclic) bond motifs is 1. The number of rotatable bonds is 6. The van der Waals surface area contributed by atoms with Crippen LogP contribution in [0.25, 0.3) is 11.3 Å². The molecule has 2 aromatic heterocycles. The summed E-state index contributed by atoms with van der Waals surface area (Å²) in [6, 6.07) is 1.70. The summed E-state index contributed by atoms with van der Waals surface area (Å²) < 4.78 is 6.10. The number of carbonyl (C=O) groups is 2. The van der Waals surface area contributed by atoms with Crippen LogP contribution in [0.3, 0.4) is 0 Å². The minimum absolute atomic E-state index is 0.0421. The molecular weight excluding hydrogens is 406 g/mol. The molecular formula is C24H27N5O3. The topological polar surface area (TPSA) is 99.4 Å². The van der Waals surface area contributed by atoms with E-state index in [0.717, 1.165) is 29.1 Å². The minimum Gasteiger partial charge on any atom is -0.491 e. The standard InChI is InChI=1S/C24H27N5O3/c1-25-24(31)29-12-18-21(19(30)13-29)23(27-16-5-3-2-4-6-16)22(28-18)17-9-10-26-11-20(17)32-14-15-7-8-15/h2-5,9-11,15-16,27-28H,6-8,12-14H2,1H3,(H,25,31). The van der Waals surface area contributed by atoms with Crippen LogP contribution in [0.4, 0.5) is 10.5 Å². The minimum atomic E-state index is -0.271. The SMILES string of the molecule is CNC(=O)N1CC(=O)c2c([nH]c(-c3ccncc3OCC3CC3)c2NC2C=CC=CC2)C1. The maximum atomic E-state index is 13.2. The molecule has 32 heavy (non-hydrogen) atoms. The highest BCUT2D eigenvalue weighted by molar-refractivity contribution is 6.09. The van der Waals surface area contributed by atoms with E-state index in [1.807, 2.05) is 18.2 Å². The predicted molar refractivity (Wildman–Crippen MR) is 122 cm³/mol. The zero-order valence-corrected chi connectivity index (χ0v) is 18.1. The van der Waals surface area contributed by atoms with E-state index < -0.39 is 0 Å². The summed E-state index contributed by atoms with van der Waals surface area (Å²) in [5, 5.41) is 6.17. The largest absolute Gasteiger partial charge is 0.491 e. The van der Waals surface area contributed by atoms with E-state index in [1.165, 1.54) is 17.7 Å². The second-order valence-electron chi connectivity index (χ2n) is 8.49. The summed E-state index contributed by atoms with van der Waals surface area (Å²) in [5.74, 6) is 1.21. The fourth-order valence-corrected chi connectivity index (χ4v) is 4.19. The van der Waals surface area contributed by atoms with Crippen molar-refractivity contribution in [2.75, 3.05) is 25.5 Å². The van der Waals surface area contributed by atoms with Crippen LogP contribution in [0.5, 0.6) is 5.75 Å². The van der Waals surface area contributed by atoms with Gasteiger partial charge in [0.05, 0.1) is 42.8 Å². The first kappa shape index (κ1) is 20.4. The lowest BCUT2D eigenvalue weighted by molar-refractivity contribution is 0.0920. The van der Waals surface area contributed by atoms with Crippen molar-refractivity contribution in [3.8, 4) is 17.0 Å². The number of allylic oxidation sites excluding steroid dienone is 2. The van der Waals surface area contributed by atoms with Gasteiger partial charge in [0, 0.05) is 30.5 Å². The Kier molecular flexibility index (Phi) is 5.43. The number of Topliss-reactive ketones (excluding diaryl/α,β-unsaturated/α-hetero) is 1. The Labute approximate surface area is 186 Å². The molecule has 0 saturated heterocycles. The lowest BCUT2D eigenvalue weighted by atomic mass is 10.0. The van der Waals surface area contributed by atoms with Crippen molar-refractivity contribution in [2.24, 2.45) is 5.92 Å². The smallest absolute Gasteiger partial charge is 0.317 e. The summed E-state index contributed by atoms with van der Waals surface area (Å²) in [5.41, 5.74) is 3.75. The lowest BCUT2D eigenvalue weighted by Crippen LogP contribution is -2.43. The molecule has 1 unspecified atom stereocenters. The molecule has 0 bridgehead atoms. The van der Waals surface area contributed by atoms with E-state index in [1.54, 1.807) is 19.4 Å². The van der Waals surface area contributed by atoms with Gasteiger partial charge in [-0.25, -0.2) is 4.79 Å². The van der Waals surface area contributed by atoms with Crippen molar-refractivity contribution in [2.45, 2.75) is 31.8 Å². The van der Waals surface area contributed by atoms with Crippen LogP contribution in [0.15, 0.2) is 42.8 Å². The molecule has 1 atom stereocenters. The highest BCUT2D eigenvalue weighted by Crippen LogP contribution is 2.41. The van der Waals surface area contributed by atoms with Crippen LogP contribution in [0.1, 0.15) is 35.3 Å². The van der Waals surface area contributed by atoms with Crippen LogP contribution in [0.2, 0.25) is 0 Å². The quantitative estimate of drug-likeness (QED) is 0.648. The van der Waals surface area contributed by atoms with Gasteiger partial charge >= 0.3 is 6.03 Å². The van der Waals surface area contributed by atoms with Crippen molar-refractivity contribution in [3.63, 3.8) is 0 Å². The normalized spacial score (nSPS) is 19.6. The Bertz CT molecular complexity index is 1100. The van der Waals surface area contributed by atoms with E-state index in [0.29, 0.717) is 30.4 Å². The molecule has 2 amide bonds. The number of amides is 2. The fourth-order valence-electron chi connectivity index (χ4n) is 4.19. The number of ether oxygens (including phenoxy) is 1. The van der Waals surface area contributed by atoms with Crippen molar-refractivity contribution in [3.05, 3.63) is 54.0 Å². The van der Waals surface area contributed by atoms with Gasteiger partial charge in [0.2, 0.25) is 0 Å². The predicted octanol–water partition coefficient (Wildman–Crippen LogP) is 3.50. The Hall–Kier alpha value is -3.55. The average Bonchev–Trinajstić information content (AvgIpc) is 3.58. The van der Waals surface area contributed by atoms with E-state index in [9.17, 15) is 9.59 Å². The van der Waals surface area contributed by atoms with Crippen LogP contribution < -0.4 is 15.4 Å². The number of H-pyrrole nitrogens is 1. The van der Waals surface area contributed by atoms with Crippen LogP contribution >= 0.6 is 0 Å². The van der Waals surface area contributed by atoms with Crippen LogP contribution in [-0.2, 0) is 6.54 Å². The van der Waals surface area contributed by atoms with E-state index in [4.69, 9.17) is 4.74 Å². The molecule has 166 valence electrons. The number of urea groups is 1. The number of carbonyl (C=O) groups excluding carboxylic acids is 2. The van der Waals surface area contributed by atoms with Crippen LogP contribution in [-0.4, -0.2) is 52.9 Å². The van der Waals surface area contributed by atoms with Crippen molar-refractivity contribution in [1.82, 2.24) is 20.2 Å². The van der Waals surface area contributed by atoms with Gasteiger partial charge in [-0.15, -0.1) is 0 Å². The van der Waals surface area contributed by atoms with E-state index in [2.05, 4.69) is 32.8 Å². The molecule has 0 spiro atoms. The number of nitrogens with zero attached hydrogens (tertiary/aromatic N) is 2. The lowest BCUT2D eigenvalue weighted by Gasteiger charge is -2.26. The van der Waals surface area contributed by atoms with Gasteiger partial charge in [-0.05, 0) is 31.2 Å². The molecule has 0 radical (unpaired) electrons. The molecule has 5 rings (SSSR count). The molecule has 8 nitrogen and oxygen atoms in total. The van der Waals surface area contributed by atoms with Crippen molar-refractivity contribution >= 4 is 17.5 Å². The molecule has 3 N–H and O–H groups in total. The van der Waals surface area contributed by atoms with E-state index in [-0.39, 0.29) is 24.4 Å². The average molecular weight is 434 g/mol. The zero-order valence-electron chi connectivity index (χ0n) is 18.1. The third kappa shape index (κ3) is 4.00. The van der Waals surface area contributed by atoms with Gasteiger partial charge in [-0.1, -0.05) is 24.3 Å². The van der Waals surface area contributed by atoms with E-state index >= 15 is 0 Å². The van der Waals surface area contributed by atoms with Gasteiger partial charge in [-0.3, -0.25) is 9.78 Å². The Morgan fingerprint density at radius 2 is 2.19 bits per heavy atom. The summed E-state index contributed by atoms with van der Waals surface area (Å²) >= 11 is 0. The third-order valence-corrected chi connectivity index (χ3v) is 6.08. The van der Waals surface area contributed by atoms with Crippen LogP contribution in [0, 0.1) is 5.92 Å². The highest BCUT2D eigenvalue weighted by atomic mass is 16.5. The Balaban J connectivity index is 1.56. The molecule has 8 heteroatoms. The summed E-state index contributed by atoms with van der Waals surface area (Å²) in [6.07, 6.45) is 14.9. The fraction of sp³-hybridized carbons (Fsp3) is 0.375. The molecule has 0 aromatic carbocycles. The first-order valence-electron chi connectivity index (χ1n) is 11.1. The number of aromatic nitrogens is 2. The summed E-state index contributed by atoms with van der Waals surface area (Å²) in [7, 11) is 1.57. The molecule has 3 aliphatic rings.